The van der Waals surface area contributed by atoms with Gasteiger partial charge in [0.1, 0.15) is 0 Å². The first-order valence-electron chi connectivity index (χ1n) is 5.81. The van der Waals surface area contributed by atoms with Crippen LogP contribution in [-0.4, -0.2) is 20.5 Å². The molecule has 0 aliphatic carbocycles. The molecule has 0 saturated carbocycles. The van der Waals surface area contributed by atoms with Crippen LogP contribution in [0.3, 0.4) is 0 Å². The molecule has 1 aromatic carbocycles. The van der Waals surface area contributed by atoms with Gasteiger partial charge >= 0.3 is 12.1 Å². The van der Waals surface area contributed by atoms with Crippen molar-refractivity contribution in [3.63, 3.8) is 0 Å². The van der Waals surface area contributed by atoms with Crippen molar-refractivity contribution in [3.05, 3.63) is 23.3 Å². The van der Waals surface area contributed by atoms with E-state index in [4.69, 9.17) is 10.7 Å². The number of aryl methyl sites for hydroxylation is 1. The van der Waals surface area contributed by atoms with Crippen LogP contribution in [0.15, 0.2) is 17.0 Å². The Bertz CT molecular complexity index is 669. The molecule has 0 atom stereocenters. The number of rotatable bonds is 3. The summed E-state index contributed by atoms with van der Waals surface area (Å²) >= 11 is 0. The summed E-state index contributed by atoms with van der Waals surface area (Å²) in [5.41, 5.74) is 0.376. The summed E-state index contributed by atoms with van der Waals surface area (Å²) < 4.78 is 59.7. The van der Waals surface area contributed by atoms with Gasteiger partial charge in [-0.15, -0.1) is 0 Å². The highest BCUT2D eigenvalue weighted by molar-refractivity contribution is 8.13. The predicted molar refractivity (Wildman–Crippen MR) is 73.0 cm³/mol. The van der Waals surface area contributed by atoms with Crippen molar-refractivity contribution in [3.8, 4) is 0 Å². The average Bonchev–Trinajstić information content (AvgIpc) is 2.28. The first kappa shape index (κ1) is 17.8. The molecule has 4 nitrogen and oxygen atoms in total. The van der Waals surface area contributed by atoms with Crippen LogP contribution in [-0.2, 0) is 13.8 Å². The Labute approximate surface area is 124 Å². The van der Waals surface area contributed by atoms with Crippen LogP contribution >= 0.6 is 10.7 Å². The minimum Gasteiger partial charge on any atom is -0.318 e. The number of amides is 1. The molecular formula is C12H13ClF3NO3S. The summed E-state index contributed by atoms with van der Waals surface area (Å²) in [5.74, 6) is -2.43. The molecule has 0 heterocycles. The first-order valence-corrected chi connectivity index (χ1v) is 8.12. The second-order valence-electron chi connectivity index (χ2n) is 4.75. The van der Waals surface area contributed by atoms with Crippen LogP contribution in [0, 0.1) is 6.92 Å². The number of alkyl halides is 3. The zero-order chi connectivity index (χ0) is 16.6. The number of carbonyl (C=O) groups is 1. The Morgan fingerprint density at radius 2 is 1.81 bits per heavy atom. The molecule has 0 aliphatic heterocycles. The molecular weight excluding hydrogens is 331 g/mol. The van der Waals surface area contributed by atoms with Crippen LogP contribution in [0.2, 0.25) is 0 Å². The highest BCUT2D eigenvalue weighted by atomic mass is 35.7. The molecule has 1 amide bonds. The lowest BCUT2D eigenvalue weighted by Crippen LogP contribution is -2.30. The van der Waals surface area contributed by atoms with E-state index in [0.717, 1.165) is 12.1 Å². The zero-order valence-corrected chi connectivity index (χ0v) is 12.9. The van der Waals surface area contributed by atoms with Crippen molar-refractivity contribution in [2.45, 2.75) is 37.8 Å². The molecule has 118 valence electrons. The molecule has 21 heavy (non-hydrogen) atoms. The lowest BCUT2D eigenvalue weighted by atomic mass is 9.98. The van der Waals surface area contributed by atoms with E-state index >= 15 is 0 Å². The van der Waals surface area contributed by atoms with E-state index in [1.165, 1.54) is 6.92 Å². The quantitative estimate of drug-likeness (QED) is 0.854. The minimum absolute atomic E-state index is 0.0589. The van der Waals surface area contributed by atoms with Gasteiger partial charge < -0.3 is 5.32 Å². The molecule has 0 aromatic heterocycles. The predicted octanol–water partition coefficient (Wildman–Crippen LogP) is 3.55. The third kappa shape index (κ3) is 4.34. The van der Waals surface area contributed by atoms with E-state index < -0.39 is 21.1 Å². The maximum atomic E-state index is 12.3. The van der Waals surface area contributed by atoms with E-state index in [-0.39, 0.29) is 27.6 Å². The van der Waals surface area contributed by atoms with Gasteiger partial charge in [-0.1, -0.05) is 13.8 Å². The average molecular weight is 344 g/mol. The third-order valence-corrected chi connectivity index (χ3v) is 4.07. The zero-order valence-electron chi connectivity index (χ0n) is 11.4. The fourth-order valence-electron chi connectivity index (χ4n) is 1.73. The Hall–Kier alpha value is -1.28. The molecule has 0 bridgehead atoms. The van der Waals surface area contributed by atoms with Crippen molar-refractivity contribution in [2.75, 3.05) is 5.32 Å². The van der Waals surface area contributed by atoms with E-state index in [1.54, 1.807) is 19.2 Å². The lowest BCUT2D eigenvalue weighted by Gasteiger charge is -2.18. The topological polar surface area (TPSA) is 63.2 Å². The summed E-state index contributed by atoms with van der Waals surface area (Å²) in [6.07, 6.45) is -5.03. The van der Waals surface area contributed by atoms with E-state index in [9.17, 15) is 26.4 Å². The summed E-state index contributed by atoms with van der Waals surface area (Å²) in [6.45, 7) is 4.70. The number of nitrogens with one attached hydrogen (secondary N) is 1. The fourth-order valence-corrected chi connectivity index (χ4v) is 2.58. The van der Waals surface area contributed by atoms with Crippen molar-refractivity contribution in [1.82, 2.24) is 0 Å². The van der Waals surface area contributed by atoms with E-state index in [1.807, 2.05) is 0 Å². The van der Waals surface area contributed by atoms with Crippen LogP contribution in [0.4, 0.5) is 18.9 Å². The molecule has 0 fully saturated rings. The normalized spacial score (nSPS) is 12.6. The summed E-state index contributed by atoms with van der Waals surface area (Å²) in [5, 5.41) is 1.78. The Morgan fingerprint density at radius 3 is 2.19 bits per heavy atom. The molecule has 0 spiro atoms. The second-order valence-corrected chi connectivity index (χ2v) is 7.31. The van der Waals surface area contributed by atoms with Gasteiger partial charge in [0.15, 0.2) is 0 Å². The third-order valence-electron chi connectivity index (χ3n) is 2.74. The molecule has 9 heteroatoms. The van der Waals surface area contributed by atoms with Crippen LogP contribution < -0.4 is 5.32 Å². The number of halogens is 4. The highest BCUT2D eigenvalue weighted by Gasteiger charge is 2.39. The summed E-state index contributed by atoms with van der Waals surface area (Å²) in [6, 6.07) is 2.27. The Balaban J connectivity index is 3.43. The first-order chi connectivity index (χ1) is 9.34. The van der Waals surface area contributed by atoms with Gasteiger partial charge in [-0.25, -0.2) is 8.42 Å². The van der Waals surface area contributed by atoms with Crippen molar-refractivity contribution in [2.24, 2.45) is 0 Å². The minimum atomic E-state index is -5.03. The van der Waals surface area contributed by atoms with Gasteiger partial charge in [0.25, 0.3) is 9.05 Å². The smallest absolute Gasteiger partial charge is 0.318 e. The number of hydrogen-bond acceptors (Lipinski definition) is 3. The van der Waals surface area contributed by atoms with E-state index in [0.29, 0.717) is 0 Å². The van der Waals surface area contributed by atoms with Gasteiger partial charge in [0.2, 0.25) is 0 Å². The van der Waals surface area contributed by atoms with Crippen LogP contribution in [0.25, 0.3) is 0 Å². The second kappa shape index (κ2) is 5.84. The van der Waals surface area contributed by atoms with E-state index in [2.05, 4.69) is 0 Å². The Kier molecular flexibility index (Phi) is 4.94. The molecule has 1 rings (SSSR count). The van der Waals surface area contributed by atoms with Crippen molar-refractivity contribution < 1.29 is 26.4 Å². The van der Waals surface area contributed by atoms with Crippen molar-refractivity contribution in [1.29, 1.82) is 0 Å². The maximum absolute atomic E-state index is 12.3. The summed E-state index contributed by atoms with van der Waals surface area (Å²) in [4.78, 5) is 10.8. The molecule has 1 N–H and O–H groups in total. The highest BCUT2D eigenvalue weighted by Crippen LogP contribution is 2.33. The van der Waals surface area contributed by atoms with Crippen molar-refractivity contribution >= 4 is 31.3 Å². The molecule has 1 aromatic rings. The van der Waals surface area contributed by atoms with Gasteiger partial charge in [-0.05, 0) is 36.1 Å². The number of anilines is 1. The SMILES string of the molecule is Cc1cc(S(=O)(=O)Cl)cc(C(C)C)c1NC(=O)C(F)(F)F. The Morgan fingerprint density at radius 1 is 1.29 bits per heavy atom. The van der Waals surface area contributed by atoms with Gasteiger partial charge in [0, 0.05) is 16.4 Å². The number of carbonyl (C=O) groups excluding carboxylic acids is 1. The number of benzene rings is 1. The standard InChI is InChI=1S/C12H13ClF3NO3S/c1-6(2)9-5-8(21(13,19)20)4-7(3)10(9)17-11(18)12(14,15)16/h4-6H,1-3H3,(H,17,18). The van der Waals surface area contributed by atoms with Crippen LogP contribution in [0.5, 0.6) is 0 Å². The largest absolute Gasteiger partial charge is 0.471 e. The van der Waals surface area contributed by atoms with Gasteiger partial charge in [-0.3, -0.25) is 4.79 Å². The van der Waals surface area contributed by atoms with Gasteiger partial charge in [0.05, 0.1) is 4.90 Å². The molecule has 0 unspecified atom stereocenters. The monoisotopic (exact) mass is 343 g/mol. The molecule has 0 radical (unpaired) electrons. The molecule has 0 saturated heterocycles. The summed E-state index contributed by atoms with van der Waals surface area (Å²) in [7, 11) is 1.23. The molecule has 0 aliphatic rings. The maximum Gasteiger partial charge on any atom is 0.471 e. The lowest BCUT2D eigenvalue weighted by molar-refractivity contribution is -0.167. The van der Waals surface area contributed by atoms with Crippen LogP contribution in [0.1, 0.15) is 30.9 Å². The fraction of sp³-hybridized carbons (Fsp3) is 0.417. The van der Waals surface area contributed by atoms with Gasteiger partial charge in [-0.2, -0.15) is 13.2 Å². The number of hydrogen-bond donors (Lipinski definition) is 1.